The van der Waals surface area contributed by atoms with Crippen LogP contribution in [0.5, 0.6) is 0 Å². The predicted molar refractivity (Wildman–Crippen MR) is 72.2 cm³/mol. The van der Waals surface area contributed by atoms with Gasteiger partial charge in [-0.15, -0.1) is 0 Å². The first-order valence-corrected chi connectivity index (χ1v) is 7.60. The second kappa shape index (κ2) is 9.90. The van der Waals surface area contributed by atoms with Crippen LogP contribution in [0.4, 0.5) is 0 Å². The van der Waals surface area contributed by atoms with Crippen molar-refractivity contribution in [1.82, 2.24) is 0 Å². The maximum absolute atomic E-state index is 9.90. The minimum atomic E-state index is -0.211. The van der Waals surface area contributed by atoms with Crippen molar-refractivity contribution in [3.05, 3.63) is 0 Å². The molecule has 0 saturated heterocycles. The van der Waals surface area contributed by atoms with Gasteiger partial charge in [0.2, 0.25) is 0 Å². The van der Waals surface area contributed by atoms with Crippen LogP contribution in [0.1, 0.15) is 71.1 Å². The van der Waals surface area contributed by atoms with E-state index in [1.54, 1.807) is 0 Å². The summed E-state index contributed by atoms with van der Waals surface area (Å²) in [5.74, 6) is 0.513. The monoisotopic (exact) mass is 242 g/mol. The highest BCUT2D eigenvalue weighted by Gasteiger charge is 2.22. The zero-order chi connectivity index (χ0) is 12.3. The molecular formula is C15H30O2. The third-order valence-electron chi connectivity index (χ3n) is 3.87. The minimum absolute atomic E-state index is 0.211. The molecule has 0 aromatic rings. The van der Waals surface area contributed by atoms with Gasteiger partial charge in [0.05, 0.1) is 12.7 Å². The molecule has 102 valence electrons. The molecular weight excluding hydrogens is 212 g/mol. The van der Waals surface area contributed by atoms with Crippen LogP contribution < -0.4 is 0 Å². The van der Waals surface area contributed by atoms with Crippen molar-refractivity contribution < 1.29 is 9.84 Å². The quantitative estimate of drug-likeness (QED) is 0.588. The standard InChI is InChI=1S/C15H30O2/c1-2-3-4-5-6-9-12-17-13-15(16)14-10-7-8-11-14/h14-16H,2-13H2,1H3. The first-order chi connectivity index (χ1) is 8.34. The van der Waals surface area contributed by atoms with Crippen molar-refractivity contribution in [2.45, 2.75) is 77.2 Å². The summed E-state index contributed by atoms with van der Waals surface area (Å²) < 4.78 is 5.56. The summed E-state index contributed by atoms with van der Waals surface area (Å²) in [5, 5.41) is 9.90. The molecule has 1 saturated carbocycles. The molecule has 1 N–H and O–H groups in total. The molecule has 1 rings (SSSR count). The average molecular weight is 242 g/mol. The number of hydrogen-bond acceptors (Lipinski definition) is 2. The summed E-state index contributed by atoms with van der Waals surface area (Å²) in [6, 6.07) is 0. The van der Waals surface area contributed by atoms with E-state index < -0.39 is 0 Å². The van der Waals surface area contributed by atoms with E-state index in [0.29, 0.717) is 12.5 Å². The maximum atomic E-state index is 9.90. The lowest BCUT2D eigenvalue weighted by Crippen LogP contribution is -2.23. The van der Waals surface area contributed by atoms with Gasteiger partial charge in [-0.3, -0.25) is 0 Å². The Morgan fingerprint density at radius 2 is 1.71 bits per heavy atom. The summed E-state index contributed by atoms with van der Waals surface area (Å²) in [7, 11) is 0. The summed E-state index contributed by atoms with van der Waals surface area (Å²) in [4.78, 5) is 0. The predicted octanol–water partition coefficient (Wildman–Crippen LogP) is 3.91. The van der Waals surface area contributed by atoms with Crippen LogP contribution in [-0.4, -0.2) is 24.4 Å². The lowest BCUT2D eigenvalue weighted by atomic mass is 10.0. The van der Waals surface area contributed by atoms with Gasteiger partial charge in [-0.05, 0) is 25.2 Å². The van der Waals surface area contributed by atoms with Crippen LogP contribution in [0.25, 0.3) is 0 Å². The molecule has 0 amide bonds. The molecule has 1 aliphatic rings. The van der Waals surface area contributed by atoms with Crippen LogP contribution in [0, 0.1) is 5.92 Å². The topological polar surface area (TPSA) is 29.5 Å². The van der Waals surface area contributed by atoms with Crippen LogP contribution in [-0.2, 0) is 4.74 Å². The van der Waals surface area contributed by atoms with Crippen LogP contribution in [0.2, 0.25) is 0 Å². The Balaban J connectivity index is 1.83. The number of aliphatic hydroxyl groups is 1. The van der Waals surface area contributed by atoms with Crippen LogP contribution >= 0.6 is 0 Å². The van der Waals surface area contributed by atoms with Gasteiger partial charge in [0.1, 0.15) is 0 Å². The second-order valence-electron chi connectivity index (χ2n) is 5.45. The van der Waals surface area contributed by atoms with Gasteiger partial charge in [0, 0.05) is 6.61 Å². The first kappa shape index (κ1) is 15.0. The lowest BCUT2D eigenvalue weighted by Gasteiger charge is -2.17. The fraction of sp³-hybridized carbons (Fsp3) is 1.00. The maximum Gasteiger partial charge on any atom is 0.0801 e. The van der Waals surface area contributed by atoms with Gasteiger partial charge in [-0.25, -0.2) is 0 Å². The summed E-state index contributed by atoms with van der Waals surface area (Å²) in [6.07, 6.45) is 12.6. The van der Waals surface area contributed by atoms with Gasteiger partial charge in [0.15, 0.2) is 0 Å². The van der Waals surface area contributed by atoms with Gasteiger partial charge in [-0.1, -0.05) is 51.9 Å². The third kappa shape index (κ3) is 7.05. The molecule has 0 heterocycles. The Labute approximate surface area is 107 Å². The van der Waals surface area contributed by atoms with Crippen molar-refractivity contribution in [2.75, 3.05) is 13.2 Å². The van der Waals surface area contributed by atoms with Crippen LogP contribution in [0.3, 0.4) is 0 Å². The van der Waals surface area contributed by atoms with Crippen LogP contribution in [0.15, 0.2) is 0 Å². The van der Waals surface area contributed by atoms with Crippen molar-refractivity contribution >= 4 is 0 Å². The molecule has 0 aromatic heterocycles. The number of aliphatic hydroxyl groups excluding tert-OH is 1. The highest BCUT2D eigenvalue weighted by molar-refractivity contribution is 4.74. The van der Waals surface area contributed by atoms with E-state index in [1.165, 1.54) is 57.8 Å². The average Bonchev–Trinajstić information content (AvgIpc) is 2.86. The summed E-state index contributed by atoms with van der Waals surface area (Å²) in [6.45, 7) is 3.63. The van der Waals surface area contributed by atoms with E-state index in [-0.39, 0.29) is 6.10 Å². The highest BCUT2D eigenvalue weighted by Crippen LogP contribution is 2.27. The second-order valence-corrected chi connectivity index (χ2v) is 5.45. The van der Waals surface area contributed by atoms with Crippen molar-refractivity contribution in [2.24, 2.45) is 5.92 Å². The smallest absolute Gasteiger partial charge is 0.0801 e. The number of unbranched alkanes of at least 4 members (excludes halogenated alkanes) is 5. The fourth-order valence-electron chi connectivity index (χ4n) is 2.67. The third-order valence-corrected chi connectivity index (χ3v) is 3.87. The van der Waals surface area contributed by atoms with E-state index in [1.807, 2.05) is 0 Å². The fourth-order valence-corrected chi connectivity index (χ4v) is 2.67. The number of rotatable bonds is 10. The van der Waals surface area contributed by atoms with Gasteiger partial charge < -0.3 is 9.84 Å². The minimum Gasteiger partial charge on any atom is -0.390 e. The zero-order valence-corrected chi connectivity index (χ0v) is 11.5. The molecule has 0 radical (unpaired) electrons. The Hall–Kier alpha value is -0.0800. The SMILES string of the molecule is CCCCCCCCOCC(O)C1CCCC1. The number of ether oxygens (including phenoxy) is 1. The molecule has 17 heavy (non-hydrogen) atoms. The summed E-state index contributed by atoms with van der Waals surface area (Å²) >= 11 is 0. The van der Waals surface area contributed by atoms with E-state index in [0.717, 1.165) is 13.0 Å². The van der Waals surface area contributed by atoms with E-state index >= 15 is 0 Å². The van der Waals surface area contributed by atoms with Crippen molar-refractivity contribution in [3.63, 3.8) is 0 Å². The van der Waals surface area contributed by atoms with Crippen molar-refractivity contribution in [3.8, 4) is 0 Å². The molecule has 1 atom stereocenters. The van der Waals surface area contributed by atoms with Crippen molar-refractivity contribution in [1.29, 1.82) is 0 Å². The molecule has 2 heteroatoms. The molecule has 0 aromatic carbocycles. The molecule has 0 spiro atoms. The molecule has 1 unspecified atom stereocenters. The lowest BCUT2D eigenvalue weighted by molar-refractivity contribution is 0.00514. The normalized spacial score (nSPS) is 18.7. The molecule has 1 aliphatic carbocycles. The Kier molecular flexibility index (Phi) is 8.72. The van der Waals surface area contributed by atoms with E-state index in [9.17, 15) is 5.11 Å². The van der Waals surface area contributed by atoms with Gasteiger partial charge in [-0.2, -0.15) is 0 Å². The Bertz CT molecular complexity index is 164. The van der Waals surface area contributed by atoms with Gasteiger partial charge >= 0.3 is 0 Å². The molecule has 0 bridgehead atoms. The van der Waals surface area contributed by atoms with E-state index in [4.69, 9.17) is 4.74 Å². The van der Waals surface area contributed by atoms with Gasteiger partial charge in [0.25, 0.3) is 0 Å². The molecule has 1 fully saturated rings. The first-order valence-electron chi connectivity index (χ1n) is 7.60. The summed E-state index contributed by atoms with van der Waals surface area (Å²) in [5.41, 5.74) is 0. The Morgan fingerprint density at radius 3 is 2.41 bits per heavy atom. The zero-order valence-electron chi connectivity index (χ0n) is 11.5. The highest BCUT2D eigenvalue weighted by atomic mass is 16.5. The molecule has 0 aliphatic heterocycles. The number of hydrogen-bond donors (Lipinski definition) is 1. The van der Waals surface area contributed by atoms with E-state index in [2.05, 4.69) is 6.92 Å². The largest absolute Gasteiger partial charge is 0.390 e. The Morgan fingerprint density at radius 1 is 1.06 bits per heavy atom. The molecule has 2 nitrogen and oxygen atoms in total.